The van der Waals surface area contributed by atoms with Crippen molar-refractivity contribution in [3.8, 4) is 5.75 Å². The largest absolute Gasteiger partial charge is 0.495 e. The third kappa shape index (κ3) is 3.90. The normalized spacial score (nSPS) is 18.6. The lowest BCUT2D eigenvalue weighted by molar-refractivity contribution is 0.0696. The first-order valence-electron chi connectivity index (χ1n) is 6.43. The Morgan fingerprint density at radius 2 is 2.29 bits per heavy atom. The molecule has 21 heavy (non-hydrogen) atoms. The first-order valence-corrected chi connectivity index (χ1v) is 9.06. The molecule has 2 rings (SSSR count). The Hall–Kier alpha value is -1.25. The molecule has 6 nitrogen and oxygen atoms in total. The molecule has 1 aliphatic rings. The SMILES string of the molecule is COc1ccc(C(=O)O)cc1S(=O)(=O)NCC1CCSC1. The van der Waals surface area contributed by atoms with Gasteiger partial charge < -0.3 is 9.84 Å². The molecular formula is C13H17NO5S2. The van der Waals surface area contributed by atoms with Crippen molar-refractivity contribution < 1.29 is 23.1 Å². The van der Waals surface area contributed by atoms with Crippen LogP contribution in [0.5, 0.6) is 5.75 Å². The van der Waals surface area contributed by atoms with E-state index in [2.05, 4.69) is 4.72 Å². The van der Waals surface area contributed by atoms with Gasteiger partial charge in [-0.1, -0.05) is 0 Å². The Morgan fingerprint density at radius 3 is 2.86 bits per heavy atom. The molecule has 1 saturated heterocycles. The van der Waals surface area contributed by atoms with E-state index in [1.54, 1.807) is 11.8 Å². The van der Waals surface area contributed by atoms with E-state index in [0.717, 1.165) is 24.0 Å². The number of methoxy groups -OCH3 is 1. The summed E-state index contributed by atoms with van der Waals surface area (Å²) in [5, 5.41) is 8.98. The van der Waals surface area contributed by atoms with Crippen LogP contribution in [0, 0.1) is 5.92 Å². The van der Waals surface area contributed by atoms with Gasteiger partial charge in [-0.15, -0.1) is 0 Å². The zero-order valence-electron chi connectivity index (χ0n) is 11.5. The first kappa shape index (κ1) is 16.1. The van der Waals surface area contributed by atoms with Gasteiger partial charge in [-0.2, -0.15) is 11.8 Å². The molecule has 1 atom stereocenters. The smallest absolute Gasteiger partial charge is 0.335 e. The number of hydrogen-bond acceptors (Lipinski definition) is 5. The highest BCUT2D eigenvalue weighted by Gasteiger charge is 2.24. The summed E-state index contributed by atoms with van der Waals surface area (Å²) in [7, 11) is -2.44. The average molecular weight is 331 g/mol. The molecule has 0 radical (unpaired) electrons. The summed E-state index contributed by atoms with van der Waals surface area (Å²) in [5.41, 5.74) is -0.0902. The van der Waals surface area contributed by atoms with Crippen LogP contribution in [0.25, 0.3) is 0 Å². The molecule has 1 fully saturated rings. The van der Waals surface area contributed by atoms with Crippen LogP contribution in [-0.4, -0.2) is 44.7 Å². The van der Waals surface area contributed by atoms with E-state index in [1.807, 2.05) is 0 Å². The number of hydrogen-bond donors (Lipinski definition) is 2. The highest BCUT2D eigenvalue weighted by molar-refractivity contribution is 7.99. The highest BCUT2D eigenvalue weighted by Crippen LogP contribution is 2.26. The lowest BCUT2D eigenvalue weighted by Gasteiger charge is -2.13. The van der Waals surface area contributed by atoms with Crippen molar-refractivity contribution in [2.75, 3.05) is 25.2 Å². The fraction of sp³-hybridized carbons (Fsp3) is 0.462. The number of carbonyl (C=O) groups is 1. The molecule has 0 bridgehead atoms. The third-order valence-corrected chi connectivity index (χ3v) is 5.96. The summed E-state index contributed by atoms with van der Waals surface area (Å²) in [6.45, 7) is 0.357. The van der Waals surface area contributed by atoms with Gasteiger partial charge in [0.05, 0.1) is 12.7 Å². The quantitative estimate of drug-likeness (QED) is 0.819. The minimum absolute atomic E-state index is 0.0902. The number of rotatable bonds is 6. The molecule has 0 amide bonds. The van der Waals surface area contributed by atoms with Crippen LogP contribution in [0.15, 0.2) is 23.1 Å². The van der Waals surface area contributed by atoms with Gasteiger partial charge in [0.25, 0.3) is 0 Å². The summed E-state index contributed by atoms with van der Waals surface area (Å²) in [5.74, 6) is 1.26. The fourth-order valence-electron chi connectivity index (χ4n) is 2.07. The number of nitrogens with one attached hydrogen (secondary N) is 1. The Bertz CT molecular complexity index is 623. The molecule has 1 aromatic carbocycles. The second kappa shape index (κ2) is 6.67. The van der Waals surface area contributed by atoms with Gasteiger partial charge in [-0.3, -0.25) is 0 Å². The van der Waals surface area contributed by atoms with E-state index in [0.29, 0.717) is 12.5 Å². The summed E-state index contributed by atoms with van der Waals surface area (Å²) >= 11 is 1.81. The van der Waals surface area contributed by atoms with Crippen molar-refractivity contribution >= 4 is 27.8 Å². The Labute approximate surface area is 127 Å². The van der Waals surface area contributed by atoms with Gasteiger partial charge in [0.2, 0.25) is 10.0 Å². The van der Waals surface area contributed by atoms with Crippen molar-refractivity contribution in [2.45, 2.75) is 11.3 Å². The summed E-state index contributed by atoms with van der Waals surface area (Å²) in [4.78, 5) is 10.8. The standard InChI is InChI=1S/C13H17NO5S2/c1-19-11-3-2-10(13(15)16)6-12(11)21(17,18)14-7-9-4-5-20-8-9/h2-3,6,9,14H,4-5,7-8H2,1H3,(H,15,16). The fourth-order valence-corrected chi connectivity index (χ4v) is 4.66. The molecule has 2 N–H and O–H groups in total. The van der Waals surface area contributed by atoms with E-state index in [4.69, 9.17) is 9.84 Å². The number of sulfonamides is 1. The predicted molar refractivity (Wildman–Crippen MR) is 80.6 cm³/mol. The maximum absolute atomic E-state index is 12.4. The number of ether oxygens (including phenoxy) is 1. The van der Waals surface area contributed by atoms with Crippen LogP contribution in [-0.2, 0) is 10.0 Å². The number of carboxylic acid groups (broad SMARTS) is 1. The van der Waals surface area contributed by atoms with E-state index in [9.17, 15) is 13.2 Å². The molecule has 0 saturated carbocycles. The second-order valence-electron chi connectivity index (χ2n) is 4.75. The highest BCUT2D eigenvalue weighted by atomic mass is 32.2. The van der Waals surface area contributed by atoms with E-state index in [-0.39, 0.29) is 16.2 Å². The van der Waals surface area contributed by atoms with Gasteiger partial charge in [-0.05, 0) is 42.0 Å². The second-order valence-corrected chi connectivity index (χ2v) is 7.64. The molecular weight excluding hydrogens is 314 g/mol. The minimum Gasteiger partial charge on any atom is -0.495 e. The number of benzene rings is 1. The lowest BCUT2D eigenvalue weighted by Crippen LogP contribution is -2.29. The molecule has 1 aromatic rings. The average Bonchev–Trinajstić information content (AvgIpc) is 2.98. The molecule has 0 aromatic heterocycles. The Morgan fingerprint density at radius 1 is 1.52 bits per heavy atom. The topological polar surface area (TPSA) is 92.7 Å². The molecule has 1 unspecified atom stereocenters. The molecule has 1 heterocycles. The summed E-state index contributed by atoms with van der Waals surface area (Å²) < 4.78 is 32.3. The lowest BCUT2D eigenvalue weighted by atomic mass is 10.1. The maximum atomic E-state index is 12.4. The number of thioether (sulfide) groups is 1. The van der Waals surface area contributed by atoms with Crippen LogP contribution in [0.2, 0.25) is 0 Å². The zero-order valence-corrected chi connectivity index (χ0v) is 13.2. The van der Waals surface area contributed by atoms with E-state index >= 15 is 0 Å². The zero-order chi connectivity index (χ0) is 15.5. The number of aromatic carboxylic acids is 1. The van der Waals surface area contributed by atoms with Crippen LogP contribution in [0.4, 0.5) is 0 Å². The van der Waals surface area contributed by atoms with Gasteiger partial charge >= 0.3 is 5.97 Å². The van der Waals surface area contributed by atoms with Crippen LogP contribution in [0.1, 0.15) is 16.8 Å². The van der Waals surface area contributed by atoms with Crippen molar-refractivity contribution in [3.05, 3.63) is 23.8 Å². The van der Waals surface area contributed by atoms with Gasteiger partial charge in [0.1, 0.15) is 10.6 Å². The Balaban J connectivity index is 2.24. The minimum atomic E-state index is -3.79. The monoisotopic (exact) mass is 331 g/mol. The molecule has 0 aliphatic carbocycles. The van der Waals surface area contributed by atoms with E-state index in [1.165, 1.54) is 19.2 Å². The Kier molecular flexibility index (Phi) is 5.13. The molecule has 1 aliphatic heterocycles. The predicted octanol–water partition coefficient (Wildman–Crippen LogP) is 1.42. The first-order chi connectivity index (χ1) is 9.94. The van der Waals surface area contributed by atoms with Gasteiger partial charge in [0.15, 0.2) is 0 Å². The van der Waals surface area contributed by atoms with Crippen LogP contribution in [0.3, 0.4) is 0 Å². The van der Waals surface area contributed by atoms with Crippen LogP contribution < -0.4 is 9.46 Å². The molecule has 8 heteroatoms. The van der Waals surface area contributed by atoms with Gasteiger partial charge in [0, 0.05) is 6.54 Å². The van der Waals surface area contributed by atoms with E-state index < -0.39 is 16.0 Å². The van der Waals surface area contributed by atoms with Crippen molar-refractivity contribution in [2.24, 2.45) is 5.92 Å². The van der Waals surface area contributed by atoms with Crippen LogP contribution >= 0.6 is 11.8 Å². The van der Waals surface area contributed by atoms with Crippen molar-refractivity contribution in [1.82, 2.24) is 4.72 Å². The maximum Gasteiger partial charge on any atom is 0.335 e. The third-order valence-electron chi connectivity index (χ3n) is 3.29. The van der Waals surface area contributed by atoms with Gasteiger partial charge in [-0.25, -0.2) is 17.9 Å². The van der Waals surface area contributed by atoms with Crippen molar-refractivity contribution in [1.29, 1.82) is 0 Å². The number of carboxylic acids is 1. The molecule has 116 valence electrons. The van der Waals surface area contributed by atoms with Crippen molar-refractivity contribution in [3.63, 3.8) is 0 Å². The molecule has 0 spiro atoms. The summed E-state index contributed by atoms with van der Waals surface area (Å²) in [6.07, 6.45) is 0.986. The summed E-state index contributed by atoms with van der Waals surface area (Å²) in [6, 6.07) is 3.78.